The van der Waals surface area contributed by atoms with Crippen LogP contribution in [0.25, 0.3) is 0 Å². The Kier molecular flexibility index (Phi) is 5.29. The Hall–Kier alpha value is -1.06. The fourth-order valence-corrected chi connectivity index (χ4v) is 1.41. The van der Waals surface area contributed by atoms with Crippen LogP contribution in [0, 0.1) is 12.8 Å². The first-order valence-corrected chi connectivity index (χ1v) is 5.61. The van der Waals surface area contributed by atoms with Gasteiger partial charge in [-0.2, -0.15) is 5.48 Å². The molecule has 0 radical (unpaired) electrons. The minimum absolute atomic E-state index is 0.546. The Morgan fingerprint density at radius 1 is 1.31 bits per heavy atom. The van der Waals surface area contributed by atoms with Gasteiger partial charge in [0.05, 0.1) is 13.7 Å². The van der Waals surface area contributed by atoms with Gasteiger partial charge in [-0.1, -0.05) is 26.0 Å². The van der Waals surface area contributed by atoms with Gasteiger partial charge in [0.25, 0.3) is 0 Å². The van der Waals surface area contributed by atoms with E-state index in [9.17, 15) is 0 Å². The second-order valence-corrected chi connectivity index (χ2v) is 4.33. The van der Waals surface area contributed by atoms with Crippen LogP contribution in [0.15, 0.2) is 18.2 Å². The highest BCUT2D eigenvalue weighted by Gasteiger charge is 2.00. The molecule has 0 heterocycles. The molecule has 3 heteroatoms. The van der Waals surface area contributed by atoms with Crippen LogP contribution in [-0.4, -0.2) is 13.7 Å². The zero-order chi connectivity index (χ0) is 12.0. The fraction of sp³-hybridized carbons (Fsp3) is 0.538. The molecule has 0 aliphatic rings. The van der Waals surface area contributed by atoms with Gasteiger partial charge in [0, 0.05) is 6.54 Å². The van der Waals surface area contributed by atoms with Gasteiger partial charge in [-0.25, -0.2) is 0 Å². The summed E-state index contributed by atoms with van der Waals surface area (Å²) in [6.07, 6.45) is 0. The molecule has 0 aliphatic heterocycles. The highest BCUT2D eigenvalue weighted by atomic mass is 16.6. The standard InChI is InChI=1S/C13H21NO2/c1-10(2)9-16-14-8-12-5-6-13(15-4)11(3)7-12/h5-7,10,14H,8-9H2,1-4H3. The van der Waals surface area contributed by atoms with E-state index in [2.05, 4.69) is 25.4 Å². The number of hydrogen-bond acceptors (Lipinski definition) is 3. The molecule has 0 bridgehead atoms. The summed E-state index contributed by atoms with van der Waals surface area (Å²) in [5, 5.41) is 0. The Morgan fingerprint density at radius 3 is 2.62 bits per heavy atom. The molecule has 1 aromatic rings. The molecule has 0 aromatic heterocycles. The predicted octanol–water partition coefficient (Wildman–Crippen LogP) is 2.68. The second kappa shape index (κ2) is 6.51. The van der Waals surface area contributed by atoms with Gasteiger partial charge in [-0.15, -0.1) is 0 Å². The monoisotopic (exact) mass is 223 g/mol. The number of hydroxylamine groups is 1. The number of nitrogens with one attached hydrogen (secondary N) is 1. The molecule has 0 unspecified atom stereocenters. The number of benzene rings is 1. The second-order valence-electron chi connectivity index (χ2n) is 4.33. The molecule has 0 amide bonds. The zero-order valence-corrected chi connectivity index (χ0v) is 10.5. The van der Waals surface area contributed by atoms with E-state index >= 15 is 0 Å². The van der Waals surface area contributed by atoms with E-state index < -0.39 is 0 Å². The van der Waals surface area contributed by atoms with Crippen molar-refractivity contribution in [2.45, 2.75) is 27.3 Å². The van der Waals surface area contributed by atoms with Crippen LogP contribution in [0.5, 0.6) is 5.75 Å². The van der Waals surface area contributed by atoms with Crippen LogP contribution in [0.3, 0.4) is 0 Å². The fourth-order valence-electron chi connectivity index (χ4n) is 1.41. The lowest BCUT2D eigenvalue weighted by Crippen LogP contribution is -2.17. The lowest BCUT2D eigenvalue weighted by atomic mass is 10.1. The summed E-state index contributed by atoms with van der Waals surface area (Å²) in [6, 6.07) is 6.12. The SMILES string of the molecule is COc1ccc(CNOCC(C)C)cc1C. The third-order valence-corrected chi connectivity index (χ3v) is 2.25. The van der Waals surface area contributed by atoms with Crippen LogP contribution < -0.4 is 10.2 Å². The van der Waals surface area contributed by atoms with E-state index in [0.29, 0.717) is 5.92 Å². The molecule has 0 spiro atoms. The highest BCUT2D eigenvalue weighted by molar-refractivity contribution is 5.35. The predicted molar refractivity (Wildman–Crippen MR) is 65.4 cm³/mol. The third-order valence-electron chi connectivity index (χ3n) is 2.25. The Morgan fingerprint density at radius 2 is 2.06 bits per heavy atom. The molecular formula is C13H21NO2. The molecule has 1 aromatic carbocycles. The molecule has 1 N–H and O–H groups in total. The molecule has 3 nitrogen and oxygen atoms in total. The van der Waals surface area contributed by atoms with Crippen molar-refractivity contribution in [2.24, 2.45) is 5.92 Å². The molecule has 0 saturated heterocycles. The quantitative estimate of drug-likeness (QED) is 0.594. The van der Waals surface area contributed by atoms with E-state index in [0.717, 1.165) is 24.5 Å². The average molecular weight is 223 g/mol. The number of ether oxygens (including phenoxy) is 1. The van der Waals surface area contributed by atoms with Crippen LogP contribution in [-0.2, 0) is 11.4 Å². The zero-order valence-electron chi connectivity index (χ0n) is 10.5. The van der Waals surface area contributed by atoms with E-state index in [1.54, 1.807) is 7.11 Å². The molecule has 0 fully saturated rings. The van der Waals surface area contributed by atoms with Crippen LogP contribution in [0.4, 0.5) is 0 Å². The molecule has 16 heavy (non-hydrogen) atoms. The number of hydrogen-bond donors (Lipinski definition) is 1. The van der Waals surface area contributed by atoms with Gasteiger partial charge in [0.2, 0.25) is 0 Å². The lowest BCUT2D eigenvalue weighted by molar-refractivity contribution is 0.0196. The molecule has 90 valence electrons. The first kappa shape index (κ1) is 13.0. The van der Waals surface area contributed by atoms with Crippen molar-refractivity contribution in [3.05, 3.63) is 29.3 Å². The van der Waals surface area contributed by atoms with Crippen molar-refractivity contribution in [1.82, 2.24) is 5.48 Å². The molecular weight excluding hydrogens is 202 g/mol. The number of methoxy groups -OCH3 is 1. The molecule has 0 aliphatic carbocycles. The normalized spacial score (nSPS) is 10.8. The minimum atomic E-state index is 0.546. The topological polar surface area (TPSA) is 30.5 Å². The summed E-state index contributed by atoms with van der Waals surface area (Å²) in [5.41, 5.74) is 5.30. The Bertz CT molecular complexity index is 324. The molecule has 0 saturated carbocycles. The smallest absolute Gasteiger partial charge is 0.121 e. The summed E-state index contributed by atoms with van der Waals surface area (Å²) in [7, 11) is 1.69. The van der Waals surface area contributed by atoms with Crippen LogP contribution in [0.1, 0.15) is 25.0 Å². The maximum atomic E-state index is 5.31. The maximum absolute atomic E-state index is 5.31. The van der Waals surface area contributed by atoms with E-state index in [4.69, 9.17) is 9.57 Å². The summed E-state index contributed by atoms with van der Waals surface area (Å²) in [5.74, 6) is 1.47. The van der Waals surface area contributed by atoms with Crippen molar-refractivity contribution >= 4 is 0 Å². The third kappa shape index (κ3) is 4.21. The summed E-state index contributed by atoms with van der Waals surface area (Å²) in [6.45, 7) is 7.74. The van der Waals surface area contributed by atoms with Gasteiger partial charge in [-0.05, 0) is 30.0 Å². The maximum Gasteiger partial charge on any atom is 0.121 e. The highest BCUT2D eigenvalue weighted by Crippen LogP contribution is 2.18. The molecule has 0 atom stereocenters. The van der Waals surface area contributed by atoms with Crippen molar-refractivity contribution in [3.8, 4) is 5.75 Å². The number of aryl methyl sites for hydroxylation is 1. The van der Waals surface area contributed by atoms with Crippen LogP contribution in [0.2, 0.25) is 0 Å². The lowest BCUT2D eigenvalue weighted by Gasteiger charge is -2.10. The van der Waals surface area contributed by atoms with Gasteiger partial charge < -0.3 is 9.57 Å². The molecule has 1 rings (SSSR count). The van der Waals surface area contributed by atoms with Gasteiger partial charge in [-0.3, -0.25) is 0 Å². The van der Waals surface area contributed by atoms with E-state index in [-0.39, 0.29) is 0 Å². The Balaban J connectivity index is 2.40. The summed E-state index contributed by atoms with van der Waals surface area (Å²) >= 11 is 0. The first-order valence-electron chi connectivity index (χ1n) is 5.61. The largest absolute Gasteiger partial charge is 0.496 e. The van der Waals surface area contributed by atoms with Crippen molar-refractivity contribution in [1.29, 1.82) is 0 Å². The van der Waals surface area contributed by atoms with Gasteiger partial charge >= 0.3 is 0 Å². The van der Waals surface area contributed by atoms with Gasteiger partial charge in [0.1, 0.15) is 5.75 Å². The van der Waals surface area contributed by atoms with Crippen molar-refractivity contribution < 1.29 is 9.57 Å². The first-order chi connectivity index (χ1) is 7.63. The van der Waals surface area contributed by atoms with Gasteiger partial charge in [0.15, 0.2) is 0 Å². The van der Waals surface area contributed by atoms with E-state index in [1.165, 1.54) is 5.56 Å². The van der Waals surface area contributed by atoms with Crippen molar-refractivity contribution in [2.75, 3.05) is 13.7 Å². The van der Waals surface area contributed by atoms with Crippen molar-refractivity contribution in [3.63, 3.8) is 0 Å². The summed E-state index contributed by atoms with van der Waals surface area (Å²) < 4.78 is 5.21. The average Bonchev–Trinajstić information content (AvgIpc) is 2.24. The minimum Gasteiger partial charge on any atom is -0.496 e. The number of rotatable bonds is 6. The van der Waals surface area contributed by atoms with Crippen LogP contribution >= 0.6 is 0 Å². The Labute approximate surface area is 97.7 Å². The van der Waals surface area contributed by atoms with E-state index in [1.807, 2.05) is 19.1 Å². The summed E-state index contributed by atoms with van der Waals surface area (Å²) in [4.78, 5) is 5.31.